The second-order valence-electron chi connectivity index (χ2n) is 6.35. The molecule has 1 N–H and O–H groups in total. The van der Waals surface area contributed by atoms with Crippen LogP contribution in [0, 0.1) is 12.3 Å². The highest BCUT2D eigenvalue weighted by Crippen LogP contribution is 2.39. The Kier molecular flexibility index (Phi) is 3.94. The average Bonchev–Trinajstić information content (AvgIpc) is 2.81. The van der Waals surface area contributed by atoms with E-state index in [1.165, 1.54) is 45.4 Å². The highest BCUT2D eigenvalue weighted by atomic mass is 16.5. The standard InChI is InChI=1S/C16H25N3O/c1-13-9-15(20-2)10-14(18-13)11-19-8-5-16(12-19)3-6-17-7-4-16/h9-10,17H,3-8,11-12H2,1-2H3. The minimum absolute atomic E-state index is 0.569. The summed E-state index contributed by atoms with van der Waals surface area (Å²) < 4.78 is 5.34. The van der Waals surface area contributed by atoms with Crippen molar-refractivity contribution in [3.05, 3.63) is 23.5 Å². The molecule has 20 heavy (non-hydrogen) atoms. The molecule has 0 bridgehead atoms. The third kappa shape index (κ3) is 2.96. The van der Waals surface area contributed by atoms with Crippen molar-refractivity contribution in [3.63, 3.8) is 0 Å². The number of likely N-dealkylation sites (tertiary alicyclic amines) is 1. The van der Waals surface area contributed by atoms with Gasteiger partial charge in [0.2, 0.25) is 0 Å². The van der Waals surface area contributed by atoms with Crippen LogP contribution in [0.15, 0.2) is 12.1 Å². The lowest BCUT2D eigenvalue weighted by Gasteiger charge is -2.33. The zero-order chi connectivity index (χ0) is 14.0. The van der Waals surface area contributed by atoms with E-state index in [4.69, 9.17) is 4.74 Å². The summed E-state index contributed by atoms with van der Waals surface area (Å²) >= 11 is 0. The molecule has 0 saturated carbocycles. The molecule has 0 radical (unpaired) electrons. The van der Waals surface area contributed by atoms with Crippen LogP contribution in [0.1, 0.15) is 30.7 Å². The number of aryl methyl sites for hydroxylation is 1. The Morgan fingerprint density at radius 1 is 1.30 bits per heavy atom. The van der Waals surface area contributed by atoms with Gasteiger partial charge in [-0.15, -0.1) is 0 Å². The molecule has 0 amide bonds. The van der Waals surface area contributed by atoms with E-state index in [1.54, 1.807) is 7.11 Å². The highest BCUT2D eigenvalue weighted by Gasteiger charge is 2.38. The van der Waals surface area contributed by atoms with Crippen LogP contribution in [0.3, 0.4) is 0 Å². The number of piperidine rings is 1. The molecule has 0 atom stereocenters. The van der Waals surface area contributed by atoms with Crippen molar-refractivity contribution in [1.29, 1.82) is 0 Å². The predicted molar refractivity (Wildman–Crippen MR) is 80.0 cm³/mol. The Morgan fingerprint density at radius 2 is 2.10 bits per heavy atom. The number of methoxy groups -OCH3 is 1. The van der Waals surface area contributed by atoms with E-state index in [2.05, 4.69) is 21.3 Å². The minimum Gasteiger partial charge on any atom is -0.497 e. The van der Waals surface area contributed by atoms with Crippen LogP contribution in [-0.2, 0) is 6.54 Å². The van der Waals surface area contributed by atoms with Crippen LogP contribution >= 0.6 is 0 Å². The number of hydrogen-bond donors (Lipinski definition) is 1. The fourth-order valence-electron chi connectivity index (χ4n) is 3.66. The van der Waals surface area contributed by atoms with Crippen molar-refractivity contribution in [2.75, 3.05) is 33.3 Å². The van der Waals surface area contributed by atoms with E-state index in [1.807, 2.05) is 13.0 Å². The van der Waals surface area contributed by atoms with Gasteiger partial charge in [-0.05, 0) is 51.2 Å². The Labute approximate surface area is 121 Å². The second kappa shape index (κ2) is 5.70. The Balaban J connectivity index is 1.65. The molecular formula is C16H25N3O. The lowest BCUT2D eigenvalue weighted by molar-refractivity contribution is 0.193. The van der Waals surface area contributed by atoms with Gasteiger partial charge in [0.25, 0.3) is 0 Å². The zero-order valence-electron chi connectivity index (χ0n) is 12.6. The third-order valence-electron chi connectivity index (χ3n) is 4.78. The molecule has 2 saturated heterocycles. The maximum atomic E-state index is 5.34. The molecule has 0 aromatic carbocycles. The van der Waals surface area contributed by atoms with E-state index in [0.29, 0.717) is 5.41 Å². The SMILES string of the molecule is COc1cc(C)nc(CN2CCC3(CCNCC3)C2)c1. The van der Waals surface area contributed by atoms with Crippen LogP contribution in [0.2, 0.25) is 0 Å². The lowest BCUT2D eigenvalue weighted by atomic mass is 9.78. The van der Waals surface area contributed by atoms with Crippen molar-refractivity contribution in [1.82, 2.24) is 15.2 Å². The van der Waals surface area contributed by atoms with Crippen molar-refractivity contribution < 1.29 is 4.74 Å². The van der Waals surface area contributed by atoms with Gasteiger partial charge in [-0.3, -0.25) is 9.88 Å². The molecule has 1 spiro atoms. The molecule has 2 aliphatic heterocycles. The zero-order valence-corrected chi connectivity index (χ0v) is 12.6. The summed E-state index contributed by atoms with van der Waals surface area (Å²) in [6.07, 6.45) is 4.00. The molecular weight excluding hydrogens is 250 g/mol. The molecule has 2 fully saturated rings. The molecule has 110 valence electrons. The quantitative estimate of drug-likeness (QED) is 0.915. The summed E-state index contributed by atoms with van der Waals surface area (Å²) in [6, 6.07) is 4.06. The maximum absolute atomic E-state index is 5.34. The van der Waals surface area contributed by atoms with Crippen LogP contribution in [-0.4, -0.2) is 43.2 Å². The average molecular weight is 275 g/mol. The number of aromatic nitrogens is 1. The van der Waals surface area contributed by atoms with Gasteiger partial charge in [-0.2, -0.15) is 0 Å². The van der Waals surface area contributed by atoms with Crippen LogP contribution in [0.4, 0.5) is 0 Å². The molecule has 0 unspecified atom stereocenters. The molecule has 4 nitrogen and oxygen atoms in total. The smallest absolute Gasteiger partial charge is 0.122 e. The van der Waals surface area contributed by atoms with Gasteiger partial charge in [0, 0.05) is 30.9 Å². The van der Waals surface area contributed by atoms with E-state index in [9.17, 15) is 0 Å². The van der Waals surface area contributed by atoms with E-state index in [0.717, 1.165) is 23.7 Å². The van der Waals surface area contributed by atoms with Gasteiger partial charge in [-0.25, -0.2) is 0 Å². The van der Waals surface area contributed by atoms with Gasteiger partial charge in [-0.1, -0.05) is 0 Å². The van der Waals surface area contributed by atoms with E-state index < -0.39 is 0 Å². The van der Waals surface area contributed by atoms with Crippen molar-refractivity contribution in [3.8, 4) is 5.75 Å². The summed E-state index contributed by atoms with van der Waals surface area (Å²) in [7, 11) is 1.72. The Morgan fingerprint density at radius 3 is 2.85 bits per heavy atom. The largest absolute Gasteiger partial charge is 0.497 e. The van der Waals surface area contributed by atoms with Crippen molar-refractivity contribution in [2.24, 2.45) is 5.41 Å². The summed E-state index contributed by atoms with van der Waals surface area (Å²) in [4.78, 5) is 7.21. The maximum Gasteiger partial charge on any atom is 0.122 e. The van der Waals surface area contributed by atoms with Gasteiger partial charge in [0.05, 0.1) is 12.8 Å². The summed E-state index contributed by atoms with van der Waals surface area (Å²) in [5.41, 5.74) is 2.74. The Bertz CT molecular complexity index is 469. The third-order valence-corrected chi connectivity index (χ3v) is 4.78. The number of nitrogens with zero attached hydrogens (tertiary/aromatic N) is 2. The highest BCUT2D eigenvalue weighted by molar-refractivity contribution is 5.26. The number of hydrogen-bond acceptors (Lipinski definition) is 4. The summed E-state index contributed by atoms with van der Waals surface area (Å²) in [5.74, 6) is 0.920. The van der Waals surface area contributed by atoms with E-state index >= 15 is 0 Å². The molecule has 1 aromatic rings. The first kappa shape index (κ1) is 13.8. The number of pyridine rings is 1. The molecule has 3 rings (SSSR count). The number of nitrogens with one attached hydrogen (secondary N) is 1. The Hall–Kier alpha value is -1.13. The molecule has 3 heterocycles. The van der Waals surface area contributed by atoms with Gasteiger partial charge >= 0.3 is 0 Å². The monoisotopic (exact) mass is 275 g/mol. The van der Waals surface area contributed by atoms with E-state index in [-0.39, 0.29) is 0 Å². The summed E-state index contributed by atoms with van der Waals surface area (Å²) in [6.45, 7) is 7.79. The lowest BCUT2D eigenvalue weighted by Crippen LogP contribution is -2.38. The normalized spacial score (nSPS) is 22.3. The predicted octanol–water partition coefficient (Wildman–Crippen LogP) is 1.97. The first-order valence-corrected chi connectivity index (χ1v) is 7.64. The van der Waals surface area contributed by atoms with Crippen LogP contribution in [0.5, 0.6) is 5.75 Å². The molecule has 4 heteroatoms. The topological polar surface area (TPSA) is 37.4 Å². The van der Waals surface area contributed by atoms with Crippen LogP contribution in [0.25, 0.3) is 0 Å². The summed E-state index contributed by atoms with van der Waals surface area (Å²) in [5, 5.41) is 3.48. The fraction of sp³-hybridized carbons (Fsp3) is 0.688. The fourth-order valence-corrected chi connectivity index (χ4v) is 3.66. The van der Waals surface area contributed by atoms with Crippen LogP contribution < -0.4 is 10.1 Å². The van der Waals surface area contributed by atoms with Crippen molar-refractivity contribution in [2.45, 2.75) is 32.7 Å². The number of ether oxygens (including phenoxy) is 1. The molecule has 2 aliphatic rings. The first-order chi connectivity index (χ1) is 9.69. The van der Waals surface area contributed by atoms with Gasteiger partial charge in [0.15, 0.2) is 0 Å². The van der Waals surface area contributed by atoms with Crippen molar-refractivity contribution >= 4 is 0 Å². The molecule has 0 aliphatic carbocycles. The first-order valence-electron chi connectivity index (χ1n) is 7.64. The molecule has 1 aromatic heterocycles. The van der Waals surface area contributed by atoms with Gasteiger partial charge < -0.3 is 10.1 Å². The second-order valence-corrected chi connectivity index (χ2v) is 6.35. The van der Waals surface area contributed by atoms with Gasteiger partial charge in [0.1, 0.15) is 5.75 Å². The minimum atomic E-state index is 0.569. The number of rotatable bonds is 3.